The first-order chi connectivity index (χ1) is 15.1. The number of hydrogen-bond donors (Lipinski definition) is 2. The molecule has 172 valence electrons. The van der Waals surface area contributed by atoms with Gasteiger partial charge < -0.3 is 23.7 Å². The Morgan fingerprint density at radius 3 is 2.31 bits per heavy atom. The molecule has 1 aliphatic carbocycles. The Morgan fingerprint density at radius 1 is 1.06 bits per heavy atom. The summed E-state index contributed by atoms with van der Waals surface area (Å²) in [6.45, 7) is 1.38. The van der Waals surface area contributed by atoms with Crippen LogP contribution in [0.5, 0.6) is 23.0 Å². The molecule has 0 fully saturated rings. The summed E-state index contributed by atoms with van der Waals surface area (Å²) in [4.78, 5) is 24.5. The van der Waals surface area contributed by atoms with E-state index in [0.717, 1.165) is 0 Å². The third kappa shape index (κ3) is 4.63. The van der Waals surface area contributed by atoms with Crippen molar-refractivity contribution in [2.45, 2.75) is 25.8 Å². The van der Waals surface area contributed by atoms with Crippen LogP contribution in [0.15, 0.2) is 29.1 Å². The van der Waals surface area contributed by atoms with Crippen molar-refractivity contribution in [3.8, 4) is 34.1 Å². The van der Waals surface area contributed by atoms with Gasteiger partial charge in [0.05, 0.1) is 27.4 Å². The number of ether oxygens (including phenoxy) is 3. The fraction of sp³-hybridized carbons (Fsp3) is 0.333. The fourth-order valence-corrected chi connectivity index (χ4v) is 4.22. The van der Waals surface area contributed by atoms with Crippen LogP contribution in [0.25, 0.3) is 11.1 Å². The van der Waals surface area contributed by atoms with E-state index in [1.807, 2.05) is 0 Å². The van der Waals surface area contributed by atoms with Crippen LogP contribution in [0.4, 0.5) is 0 Å². The van der Waals surface area contributed by atoms with E-state index in [9.17, 15) is 22.6 Å². The van der Waals surface area contributed by atoms with Crippen molar-refractivity contribution >= 4 is 16.3 Å². The number of amides is 1. The summed E-state index contributed by atoms with van der Waals surface area (Å²) in [6.07, 6.45) is 0.874. The van der Waals surface area contributed by atoms with E-state index in [-0.39, 0.29) is 28.9 Å². The van der Waals surface area contributed by atoms with Crippen LogP contribution in [0.3, 0.4) is 0 Å². The standard InChI is InChI=1S/C21H23NO9S/c1-11(23)22-15-7-5-12-9-18(29-3)20(31-32(25,26)27)21(30-4)19(12)13-6-8-17(28-2)16(24)10-14(13)15/h6,8-10,15H,5,7H2,1-4H3,(H,22,23)(H,25,26,27)/t15-/m0/s1. The van der Waals surface area contributed by atoms with Gasteiger partial charge in [0.25, 0.3) is 0 Å². The van der Waals surface area contributed by atoms with Crippen molar-refractivity contribution in [1.82, 2.24) is 5.32 Å². The number of fused-ring (bicyclic) bond motifs is 3. The van der Waals surface area contributed by atoms with Gasteiger partial charge in [-0.05, 0) is 47.7 Å². The van der Waals surface area contributed by atoms with E-state index in [0.29, 0.717) is 35.1 Å². The first kappa shape index (κ1) is 23.4. The van der Waals surface area contributed by atoms with Gasteiger partial charge in [-0.25, -0.2) is 0 Å². The second-order valence-corrected chi connectivity index (χ2v) is 8.08. The van der Waals surface area contributed by atoms with Gasteiger partial charge in [0.2, 0.25) is 17.1 Å². The molecule has 0 bridgehead atoms. The molecule has 0 heterocycles. The van der Waals surface area contributed by atoms with Gasteiger partial charge in [-0.1, -0.05) is 6.07 Å². The molecule has 2 aromatic rings. The highest BCUT2D eigenvalue weighted by atomic mass is 32.3. The molecule has 0 spiro atoms. The van der Waals surface area contributed by atoms with Crippen molar-refractivity contribution in [3.05, 3.63) is 45.6 Å². The van der Waals surface area contributed by atoms with Crippen LogP contribution in [-0.4, -0.2) is 40.2 Å². The predicted molar refractivity (Wildman–Crippen MR) is 115 cm³/mol. The number of rotatable bonds is 6. The summed E-state index contributed by atoms with van der Waals surface area (Å²) < 4.78 is 53.0. The van der Waals surface area contributed by atoms with Gasteiger partial charge in [0.1, 0.15) is 0 Å². The molecule has 1 atom stereocenters. The number of benzene rings is 1. The minimum atomic E-state index is -4.90. The van der Waals surface area contributed by atoms with Crippen LogP contribution < -0.4 is 29.1 Å². The number of carbonyl (C=O) groups is 1. The van der Waals surface area contributed by atoms with Gasteiger partial charge in [0.15, 0.2) is 17.2 Å². The third-order valence-electron chi connectivity index (χ3n) is 5.08. The third-order valence-corrected chi connectivity index (χ3v) is 5.46. The van der Waals surface area contributed by atoms with Gasteiger partial charge in [0, 0.05) is 12.5 Å². The Balaban J connectivity index is 2.44. The lowest BCUT2D eigenvalue weighted by atomic mass is 9.95. The maximum Gasteiger partial charge on any atom is 0.446 e. The molecule has 0 saturated heterocycles. The lowest BCUT2D eigenvalue weighted by Gasteiger charge is -2.19. The molecular weight excluding hydrogens is 442 g/mol. The smallest absolute Gasteiger partial charge is 0.446 e. The quantitative estimate of drug-likeness (QED) is 0.614. The van der Waals surface area contributed by atoms with Crippen molar-refractivity contribution in [2.24, 2.45) is 0 Å². The summed E-state index contributed by atoms with van der Waals surface area (Å²) in [5.74, 6) is -0.527. The lowest BCUT2D eigenvalue weighted by Crippen LogP contribution is -2.26. The minimum Gasteiger partial charge on any atom is -0.493 e. The number of nitrogens with one attached hydrogen (secondary N) is 1. The average Bonchev–Trinajstić information content (AvgIpc) is 2.95. The highest BCUT2D eigenvalue weighted by molar-refractivity contribution is 7.81. The van der Waals surface area contributed by atoms with Crippen LogP contribution >= 0.6 is 0 Å². The van der Waals surface area contributed by atoms with Crippen molar-refractivity contribution < 1.29 is 36.2 Å². The molecule has 1 aliphatic rings. The Labute approximate surface area is 185 Å². The summed E-state index contributed by atoms with van der Waals surface area (Å²) in [7, 11) is -0.907. The SMILES string of the molecule is COc1cc2c(c(OC)c1OS(=O)(=O)O)-c1ccc(OC)c(=O)cc1[C@@H](NC(C)=O)CC2. The molecule has 2 aromatic carbocycles. The predicted octanol–water partition coefficient (Wildman–Crippen LogP) is 2.04. The average molecular weight is 465 g/mol. The number of carbonyl (C=O) groups excluding carboxylic acids is 1. The lowest BCUT2D eigenvalue weighted by molar-refractivity contribution is -0.119. The zero-order valence-electron chi connectivity index (χ0n) is 17.9. The molecule has 0 unspecified atom stereocenters. The molecule has 0 saturated carbocycles. The van der Waals surface area contributed by atoms with Gasteiger partial charge in [-0.3, -0.25) is 14.1 Å². The highest BCUT2D eigenvalue weighted by Gasteiger charge is 2.31. The van der Waals surface area contributed by atoms with Crippen LogP contribution in [0.2, 0.25) is 0 Å². The molecule has 0 aromatic heterocycles. The first-order valence-corrected chi connectivity index (χ1v) is 10.9. The highest BCUT2D eigenvalue weighted by Crippen LogP contribution is 2.50. The van der Waals surface area contributed by atoms with Crippen LogP contribution in [-0.2, 0) is 21.6 Å². The molecular formula is C21H23NO9S. The normalized spacial score (nSPS) is 15.0. The first-order valence-electron chi connectivity index (χ1n) is 9.54. The second kappa shape index (κ2) is 9.05. The number of methoxy groups -OCH3 is 3. The molecule has 10 nitrogen and oxygen atoms in total. The molecule has 0 radical (unpaired) electrons. The monoisotopic (exact) mass is 465 g/mol. The summed E-state index contributed by atoms with van der Waals surface area (Å²) in [5.41, 5.74) is 1.74. The minimum absolute atomic E-state index is 0.0145. The Kier molecular flexibility index (Phi) is 6.60. The zero-order chi connectivity index (χ0) is 23.6. The molecule has 3 rings (SSSR count). The topological polar surface area (TPSA) is 137 Å². The summed E-state index contributed by atoms with van der Waals surface area (Å²) >= 11 is 0. The van der Waals surface area contributed by atoms with Crippen LogP contribution in [0, 0.1) is 0 Å². The fourth-order valence-electron chi connectivity index (χ4n) is 3.85. The zero-order valence-corrected chi connectivity index (χ0v) is 18.7. The van der Waals surface area contributed by atoms with Crippen molar-refractivity contribution in [2.75, 3.05) is 21.3 Å². The maximum absolute atomic E-state index is 12.7. The largest absolute Gasteiger partial charge is 0.493 e. The molecule has 32 heavy (non-hydrogen) atoms. The molecule has 1 amide bonds. The van der Waals surface area contributed by atoms with Gasteiger partial charge in [-0.2, -0.15) is 8.42 Å². The number of hydrogen-bond acceptors (Lipinski definition) is 8. The van der Waals surface area contributed by atoms with Crippen LogP contribution in [0.1, 0.15) is 30.5 Å². The molecule has 2 N–H and O–H groups in total. The van der Waals surface area contributed by atoms with E-state index >= 15 is 0 Å². The van der Waals surface area contributed by atoms with Crippen molar-refractivity contribution in [1.29, 1.82) is 0 Å². The Morgan fingerprint density at radius 2 is 1.75 bits per heavy atom. The van der Waals surface area contributed by atoms with E-state index in [1.54, 1.807) is 12.1 Å². The maximum atomic E-state index is 12.7. The van der Waals surface area contributed by atoms with E-state index in [2.05, 4.69) is 5.32 Å². The van der Waals surface area contributed by atoms with Crippen molar-refractivity contribution in [3.63, 3.8) is 0 Å². The van der Waals surface area contributed by atoms with E-state index in [1.165, 1.54) is 40.4 Å². The van der Waals surface area contributed by atoms with Gasteiger partial charge >= 0.3 is 10.4 Å². The number of aryl methyl sites for hydroxylation is 1. The second-order valence-electron chi connectivity index (χ2n) is 7.06. The van der Waals surface area contributed by atoms with Gasteiger partial charge in [-0.15, -0.1) is 0 Å². The Bertz CT molecular complexity index is 1220. The van der Waals surface area contributed by atoms with E-state index in [4.69, 9.17) is 18.4 Å². The van der Waals surface area contributed by atoms with E-state index < -0.39 is 21.9 Å². The summed E-state index contributed by atoms with van der Waals surface area (Å²) in [6, 6.07) is 5.54. The summed E-state index contributed by atoms with van der Waals surface area (Å²) in [5, 5.41) is 2.85. The molecule has 0 aliphatic heterocycles. The Hall–Kier alpha value is -3.31. The molecule has 11 heteroatoms.